The molecular formula is C13H20N4O2. The number of urea groups is 1. The number of hydrogen-bond acceptors (Lipinski definition) is 3. The highest BCUT2D eigenvalue weighted by Gasteiger charge is 2.07. The van der Waals surface area contributed by atoms with Gasteiger partial charge in [-0.3, -0.25) is 4.79 Å². The van der Waals surface area contributed by atoms with E-state index in [1.165, 1.54) is 0 Å². The Bertz CT molecular complexity index is 431. The number of benzene rings is 1. The van der Waals surface area contributed by atoms with Crippen LogP contribution in [0.25, 0.3) is 0 Å². The predicted octanol–water partition coefficient (Wildman–Crippen LogP) is 1.36. The molecule has 0 aliphatic rings. The van der Waals surface area contributed by atoms with Crippen LogP contribution < -0.4 is 21.7 Å². The molecule has 0 aromatic heterocycles. The summed E-state index contributed by atoms with van der Waals surface area (Å²) in [5.41, 5.74) is 6.82. The van der Waals surface area contributed by atoms with Crippen LogP contribution in [-0.2, 0) is 4.79 Å². The molecular weight excluding hydrogens is 244 g/mol. The fourth-order valence-electron chi connectivity index (χ4n) is 1.44. The number of nitrogens with one attached hydrogen (secondary N) is 3. The number of hydrogen-bond donors (Lipinski definition) is 4. The normalized spacial score (nSPS) is 11.5. The smallest absolute Gasteiger partial charge is 0.318 e. The number of anilines is 2. The molecule has 0 radical (unpaired) electrons. The highest BCUT2D eigenvalue weighted by Crippen LogP contribution is 2.14. The van der Waals surface area contributed by atoms with E-state index in [1.807, 2.05) is 6.92 Å². The minimum absolute atomic E-state index is 0.0649. The van der Waals surface area contributed by atoms with Crippen molar-refractivity contribution in [1.82, 2.24) is 5.32 Å². The van der Waals surface area contributed by atoms with Gasteiger partial charge in [-0.1, -0.05) is 6.92 Å². The summed E-state index contributed by atoms with van der Waals surface area (Å²) < 4.78 is 0. The van der Waals surface area contributed by atoms with Crippen LogP contribution in [0.2, 0.25) is 0 Å². The second-order valence-electron chi connectivity index (χ2n) is 4.37. The van der Waals surface area contributed by atoms with Gasteiger partial charge < -0.3 is 21.7 Å². The number of nitrogens with two attached hydrogens (primary N) is 1. The monoisotopic (exact) mass is 264 g/mol. The maximum Gasteiger partial charge on any atom is 0.318 e. The van der Waals surface area contributed by atoms with Crippen molar-refractivity contribution in [3.63, 3.8) is 0 Å². The molecule has 6 nitrogen and oxygen atoms in total. The van der Waals surface area contributed by atoms with Crippen molar-refractivity contribution in [3.8, 4) is 0 Å². The molecule has 0 aliphatic heterocycles. The minimum Gasteiger partial charge on any atom is -0.341 e. The molecule has 0 bridgehead atoms. The van der Waals surface area contributed by atoms with Gasteiger partial charge in [-0.2, -0.15) is 0 Å². The van der Waals surface area contributed by atoms with Crippen molar-refractivity contribution in [2.75, 3.05) is 24.2 Å². The van der Waals surface area contributed by atoms with Gasteiger partial charge in [0.05, 0.1) is 0 Å². The summed E-state index contributed by atoms with van der Waals surface area (Å²) in [6.07, 6.45) is 0.398. The molecule has 0 saturated heterocycles. The van der Waals surface area contributed by atoms with E-state index in [4.69, 9.17) is 5.73 Å². The number of carbonyl (C=O) groups excluding carboxylic acids is 2. The fraction of sp³-hybridized carbons (Fsp3) is 0.385. The zero-order chi connectivity index (χ0) is 14.3. The van der Waals surface area contributed by atoms with Gasteiger partial charge >= 0.3 is 6.03 Å². The lowest BCUT2D eigenvalue weighted by Crippen LogP contribution is -2.24. The molecule has 6 heteroatoms. The quantitative estimate of drug-likeness (QED) is 0.646. The van der Waals surface area contributed by atoms with Gasteiger partial charge in [0.15, 0.2) is 0 Å². The third-order valence-electron chi connectivity index (χ3n) is 2.59. The second kappa shape index (κ2) is 7.38. The zero-order valence-corrected chi connectivity index (χ0v) is 11.2. The molecule has 0 fully saturated rings. The van der Waals surface area contributed by atoms with Crippen LogP contribution in [0.4, 0.5) is 16.2 Å². The molecule has 0 heterocycles. The summed E-state index contributed by atoms with van der Waals surface area (Å²) in [6.45, 7) is 2.42. The van der Waals surface area contributed by atoms with Gasteiger partial charge in [-0.05, 0) is 36.7 Å². The minimum atomic E-state index is -0.284. The van der Waals surface area contributed by atoms with Crippen molar-refractivity contribution in [1.29, 1.82) is 0 Å². The third-order valence-corrected chi connectivity index (χ3v) is 2.59. The predicted molar refractivity (Wildman–Crippen MR) is 76.0 cm³/mol. The zero-order valence-electron chi connectivity index (χ0n) is 11.2. The van der Waals surface area contributed by atoms with Gasteiger partial charge in [0.1, 0.15) is 0 Å². The Balaban J connectivity index is 2.52. The van der Waals surface area contributed by atoms with Crippen LogP contribution in [0, 0.1) is 5.92 Å². The van der Waals surface area contributed by atoms with E-state index in [0.29, 0.717) is 24.3 Å². The van der Waals surface area contributed by atoms with E-state index < -0.39 is 0 Å². The Kier molecular flexibility index (Phi) is 5.81. The summed E-state index contributed by atoms with van der Waals surface area (Å²) in [6, 6.07) is 6.62. The van der Waals surface area contributed by atoms with Crippen molar-refractivity contribution in [3.05, 3.63) is 24.3 Å². The summed E-state index contributed by atoms with van der Waals surface area (Å²) in [5.74, 6) is 0.0964. The molecule has 19 heavy (non-hydrogen) atoms. The van der Waals surface area contributed by atoms with E-state index in [9.17, 15) is 9.59 Å². The first-order valence-corrected chi connectivity index (χ1v) is 6.14. The summed E-state index contributed by atoms with van der Waals surface area (Å²) in [5, 5.41) is 7.87. The molecule has 104 valence electrons. The van der Waals surface area contributed by atoms with Crippen molar-refractivity contribution in [2.45, 2.75) is 13.3 Å². The number of amides is 3. The maximum absolute atomic E-state index is 11.6. The van der Waals surface area contributed by atoms with Gasteiger partial charge in [0.25, 0.3) is 0 Å². The molecule has 5 N–H and O–H groups in total. The first kappa shape index (κ1) is 15.0. The van der Waals surface area contributed by atoms with E-state index in [-0.39, 0.29) is 17.9 Å². The Labute approximate surface area is 112 Å². The van der Waals surface area contributed by atoms with Gasteiger partial charge in [0, 0.05) is 24.8 Å². The van der Waals surface area contributed by atoms with E-state index in [1.54, 1.807) is 31.3 Å². The van der Waals surface area contributed by atoms with Crippen LogP contribution in [-0.4, -0.2) is 25.5 Å². The largest absolute Gasteiger partial charge is 0.341 e. The van der Waals surface area contributed by atoms with E-state index in [0.717, 1.165) is 0 Å². The molecule has 0 spiro atoms. The van der Waals surface area contributed by atoms with Crippen LogP contribution in [0.1, 0.15) is 13.3 Å². The third kappa shape index (κ3) is 5.39. The van der Waals surface area contributed by atoms with Crippen LogP contribution in [0.15, 0.2) is 24.3 Å². The van der Waals surface area contributed by atoms with Crippen molar-refractivity contribution < 1.29 is 9.59 Å². The Morgan fingerprint density at radius 3 is 2.16 bits per heavy atom. The lowest BCUT2D eigenvalue weighted by atomic mass is 10.1. The second-order valence-corrected chi connectivity index (χ2v) is 4.37. The summed E-state index contributed by atoms with van der Waals surface area (Å²) in [4.78, 5) is 22.7. The average Bonchev–Trinajstić information content (AvgIpc) is 2.40. The lowest BCUT2D eigenvalue weighted by Gasteiger charge is -2.10. The van der Waals surface area contributed by atoms with E-state index in [2.05, 4.69) is 16.0 Å². The lowest BCUT2D eigenvalue weighted by molar-refractivity contribution is -0.116. The molecule has 0 aliphatic carbocycles. The molecule has 1 aromatic rings. The molecule has 3 amide bonds. The maximum atomic E-state index is 11.6. The Morgan fingerprint density at radius 1 is 1.16 bits per heavy atom. The molecule has 1 aromatic carbocycles. The summed E-state index contributed by atoms with van der Waals surface area (Å²) in [7, 11) is 1.54. The average molecular weight is 264 g/mol. The van der Waals surface area contributed by atoms with Gasteiger partial charge in [0.2, 0.25) is 5.91 Å². The number of carbonyl (C=O) groups is 2. The first-order valence-electron chi connectivity index (χ1n) is 6.14. The SMILES string of the molecule is CNC(=O)Nc1ccc(NC(=O)CC(C)CN)cc1. The fourth-order valence-corrected chi connectivity index (χ4v) is 1.44. The van der Waals surface area contributed by atoms with Crippen LogP contribution >= 0.6 is 0 Å². The highest BCUT2D eigenvalue weighted by molar-refractivity contribution is 5.92. The van der Waals surface area contributed by atoms with Crippen molar-refractivity contribution >= 4 is 23.3 Å². The number of rotatable bonds is 5. The van der Waals surface area contributed by atoms with Crippen LogP contribution in [0.3, 0.4) is 0 Å². The molecule has 1 unspecified atom stereocenters. The van der Waals surface area contributed by atoms with Crippen molar-refractivity contribution in [2.24, 2.45) is 11.7 Å². The van der Waals surface area contributed by atoms with E-state index >= 15 is 0 Å². The Morgan fingerprint density at radius 2 is 1.68 bits per heavy atom. The topological polar surface area (TPSA) is 96.2 Å². The molecule has 1 atom stereocenters. The van der Waals surface area contributed by atoms with Gasteiger partial charge in [-0.25, -0.2) is 4.79 Å². The Hall–Kier alpha value is -2.08. The molecule has 1 rings (SSSR count). The first-order chi connectivity index (χ1) is 9.05. The summed E-state index contributed by atoms with van der Waals surface area (Å²) >= 11 is 0. The van der Waals surface area contributed by atoms with Crippen LogP contribution in [0.5, 0.6) is 0 Å². The standard InChI is InChI=1S/C13H20N4O2/c1-9(8-14)7-12(18)16-10-3-5-11(6-4-10)17-13(19)15-2/h3-6,9H,7-8,14H2,1-2H3,(H,16,18)(H2,15,17,19). The van der Waals surface area contributed by atoms with Gasteiger partial charge in [-0.15, -0.1) is 0 Å². The molecule has 0 saturated carbocycles. The highest BCUT2D eigenvalue weighted by atomic mass is 16.2.